The molecule has 2 atom stereocenters. The van der Waals surface area contributed by atoms with Crippen LogP contribution in [0.4, 0.5) is 0 Å². The Morgan fingerprint density at radius 2 is 1.72 bits per heavy atom. The van der Waals surface area contributed by atoms with Crippen molar-refractivity contribution in [3.8, 4) is 5.75 Å². The van der Waals surface area contributed by atoms with Crippen molar-refractivity contribution in [2.75, 3.05) is 32.8 Å². The van der Waals surface area contributed by atoms with Crippen LogP contribution in [0.5, 0.6) is 5.75 Å². The molecule has 2 heterocycles. The molecule has 0 bridgehead atoms. The van der Waals surface area contributed by atoms with Crippen LogP contribution in [0.1, 0.15) is 36.3 Å². The summed E-state index contributed by atoms with van der Waals surface area (Å²) in [5, 5.41) is 14.8. The number of hydrogen-bond acceptors (Lipinski definition) is 5. The molecule has 202 valence electrons. The number of hydrogen-bond donors (Lipinski definition) is 2. The van der Waals surface area contributed by atoms with Gasteiger partial charge in [-0.25, -0.2) is 0 Å². The van der Waals surface area contributed by atoms with Crippen LogP contribution in [0.3, 0.4) is 0 Å². The van der Waals surface area contributed by atoms with Gasteiger partial charge in [0.25, 0.3) is 0 Å². The summed E-state index contributed by atoms with van der Waals surface area (Å²) in [5.74, 6) is 1.000. The van der Waals surface area contributed by atoms with E-state index in [0.717, 1.165) is 42.5 Å². The summed E-state index contributed by atoms with van der Waals surface area (Å²) < 4.78 is 5.95. The second-order valence-electron chi connectivity index (χ2n) is 10.3. The van der Waals surface area contributed by atoms with Gasteiger partial charge < -0.3 is 15.2 Å². The number of aliphatic hydroxyl groups excluding tert-OH is 1. The van der Waals surface area contributed by atoms with E-state index in [2.05, 4.69) is 63.7 Å². The molecule has 1 fully saturated rings. The quantitative estimate of drug-likeness (QED) is 0.289. The van der Waals surface area contributed by atoms with Gasteiger partial charge in [0, 0.05) is 37.1 Å². The molecule has 0 spiro atoms. The Hall–Kier alpha value is -3.74. The minimum absolute atomic E-state index is 0.0667. The van der Waals surface area contributed by atoms with Crippen molar-refractivity contribution in [3.63, 3.8) is 0 Å². The maximum Gasteiger partial charge on any atom is 0.224 e. The van der Waals surface area contributed by atoms with E-state index in [1.165, 1.54) is 11.1 Å². The lowest BCUT2D eigenvalue weighted by Gasteiger charge is -2.33. The molecular formula is C33H37N3O3. The highest BCUT2D eigenvalue weighted by Crippen LogP contribution is 2.28. The number of aliphatic hydroxyl groups is 1. The topological polar surface area (TPSA) is 74.7 Å². The number of carbonyl (C=O) groups is 1. The molecule has 4 aromatic rings. The van der Waals surface area contributed by atoms with Gasteiger partial charge in [-0.05, 0) is 61.2 Å². The number of piperidine rings is 1. The van der Waals surface area contributed by atoms with Crippen molar-refractivity contribution in [1.82, 2.24) is 15.2 Å². The zero-order chi connectivity index (χ0) is 26.9. The number of benzene rings is 3. The predicted molar refractivity (Wildman–Crippen MR) is 155 cm³/mol. The van der Waals surface area contributed by atoms with E-state index in [-0.39, 0.29) is 24.3 Å². The number of amides is 1. The first kappa shape index (κ1) is 26.9. The number of ether oxygens (including phenoxy) is 1. The van der Waals surface area contributed by atoms with Crippen LogP contribution in [0.2, 0.25) is 0 Å². The monoisotopic (exact) mass is 523 g/mol. The molecular weight excluding hydrogens is 486 g/mol. The van der Waals surface area contributed by atoms with Crippen molar-refractivity contribution in [3.05, 3.63) is 108 Å². The zero-order valence-corrected chi connectivity index (χ0v) is 22.3. The summed E-state index contributed by atoms with van der Waals surface area (Å²) in [6.07, 6.45) is 3.78. The van der Waals surface area contributed by atoms with Gasteiger partial charge in [-0.2, -0.15) is 0 Å². The standard InChI is InChI=1S/C33H37N3O3/c37-28(24-39-32-17-7-16-31-30(32)15-8-19-34-31)23-36-21-9-14-27(22-36)33(38)35-20-18-29(25-10-3-1-4-11-25)26-12-5-2-6-13-26/h1-8,10-13,15-17,19,27-29,37H,9,14,18,20-24H2,(H,35,38)/t27?,28-/m1/s1. The third kappa shape index (κ3) is 7.22. The summed E-state index contributed by atoms with van der Waals surface area (Å²) in [5.41, 5.74) is 3.39. The van der Waals surface area contributed by atoms with Crippen LogP contribution in [0, 0.1) is 5.92 Å². The Morgan fingerprint density at radius 1 is 0.974 bits per heavy atom. The van der Waals surface area contributed by atoms with E-state index in [4.69, 9.17) is 4.74 Å². The Kier molecular flexibility index (Phi) is 9.20. The van der Waals surface area contributed by atoms with Crippen molar-refractivity contribution >= 4 is 16.8 Å². The minimum Gasteiger partial charge on any atom is -0.490 e. The van der Waals surface area contributed by atoms with E-state index in [1.807, 2.05) is 42.5 Å². The number of aromatic nitrogens is 1. The highest BCUT2D eigenvalue weighted by atomic mass is 16.5. The van der Waals surface area contributed by atoms with Crippen LogP contribution in [0.25, 0.3) is 10.9 Å². The van der Waals surface area contributed by atoms with Gasteiger partial charge in [0.2, 0.25) is 5.91 Å². The molecule has 1 aliphatic rings. The molecule has 1 amide bonds. The lowest BCUT2D eigenvalue weighted by molar-refractivity contribution is -0.127. The molecule has 2 N–H and O–H groups in total. The smallest absolute Gasteiger partial charge is 0.224 e. The molecule has 5 rings (SSSR count). The zero-order valence-electron chi connectivity index (χ0n) is 22.3. The van der Waals surface area contributed by atoms with Crippen LogP contribution in [-0.2, 0) is 4.79 Å². The number of fused-ring (bicyclic) bond motifs is 1. The number of nitrogens with zero attached hydrogens (tertiary/aromatic N) is 2. The number of nitrogens with one attached hydrogen (secondary N) is 1. The largest absolute Gasteiger partial charge is 0.490 e. The highest BCUT2D eigenvalue weighted by molar-refractivity contribution is 5.84. The van der Waals surface area contributed by atoms with Crippen molar-refractivity contribution < 1.29 is 14.6 Å². The molecule has 0 aliphatic carbocycles. The number of pyridine rings is 1. The minimum atomic E-state index is -0.642. The molecule has 1 unspecified atom stereocenters. The second-order valence-corrected chi connectivity index (χ2v) is 10.3. The van der Waals surface area contributed by atoms with Crippen LogP contribution >= 0.6 is 0 Å². The first-order valence-corrected chi connectivity index (χ1v) is 13.9. The van der Waals surface area contributed by atoms with Gasteiger partial charge in [-0.1, -0.05) is 66.7 Å². The van der Waals surface area contributed by atoms with Crippen LogP contribution in [-0.4, -0.2) is 59.8 Å². The van der Waals surface area contributed by atoms with Gasteiger partial charge in [0.15, 0.2) is 0 Å². The summed E-state index contributed by atoms with van der Waals surface area (Å²) >= 11 is 0. The first-order valence-electron chi connectivity index (χ1n) is 13.9. The van der Waals surface area contributed by atoms with Crippen LogP contribution in [0.15, 0.2) is 97.2 Å². The fraction of sp³-hybridized carbons (Fsp3) is 0.333. The summed E-state index contributed by atoms with van der Waals surface area (Å²) in [7, 11) is 0. The molecule has 0 radical (unpaired) electrons. The van der Waals surface area contributed by atoms with Gasteiger partial charge in [-0.15, -0.1) is 0 Å². The Morgan fingerprint density at radius 3 is 2.46 bits per heavy atom. The Labute approximate surface area is 230 Å². The van der Waals surface area contributed by atoms with E-state index in [9.17, 15) is 9.90 Å². The first-order chi connectivity index (χ1) is 19.2. The SMILES string of the molecule is O=C(NCCC(c1ccccc1)c1ccccc1)C1CCCN(C[C@@H](O)COc2cccc3ncccc23)C1. The molecule has 1 aromatic heterocycles. The normalized spacial score (nSPS) is 16.7. The van der Waals surface area contributed by atoms with E-state index < -0.39 is 6.10 Å². The average molecular weight is 524 g/mol. The highest BCUT2D eigenvalue weighted by Gasteiger charge is 2.27. The summed E-state index contributed by atoms with van der Waals surface area (Å²) in [4.78, 5) is 19.6. The third-order valence-electron chi connectivity index (χ3n) is 7.52. The molecule has 1 aliphatic heterocycles. The Bertz CT molecular complexity index is 1290. The van der Waals surface area contributed by atoms with Gasteiger partial charge in [0.1, 0.15) is 18.5 Å². The van der Waals surface area contributed by atoms with E-state index >= 15 is 0 Å². The molecule has 6 nitrogen and oxygen atoms in total. The van der Waals surface area contributed by atoms with E-state index in [1.54, 1.807) is 6.20 Å². The number of likely N-dealkylation sites (tertiary alicyclic amines) is 1. The summed E-state index contributed by atoms with van der Waals surface area (Å²) in [6.45, 7) is 2.84. The fourth-order valence-electron chi connectivity index (χ4n) is 5.55. The maximum atomic E-state index is 13.1. The fourth-order valence-corrected chi connectivity index (χ4v) is 5.55. The lowest BCUT2D eigenvalue weighted by Crippen LogP contribution is -2.46. The van der Waals surface area contributed by atoms with Gasteiger partial charge in [0.05, 0.1) is 11.4 Å². The molecule has 1 saturated heterocycles. The molecule has 0 saturated carbocycles. The number of β-amino-alcohol motifs (C(OH)–C–C–N with tert-alkyl or cyclic N) is 1. The van der Waals surface area contributed by atoms with Gasteiger partial charge >= 0.3 is 0 Å². The number of rotatable bonds is 11. The van der Waals surface area contributed by atoms with Crippen LogP contribution < -0.4 is 10.1 Å². The second kappa shape index (κ2) is 13.4. The summed E-state index contributed by atoms with van der Waals surface area (Å²) in [6, 6.07) is 30.6. The van der Waals surface area contributed by atoms with Crippen molar-refractivity contribution in [1.29, 1.82) is 0 Å². The molecule has 6 heteroatoms. The Balaban J connectivity index is 1.10. The average Bonchev–Trinajstić information content (AvgIpc) is 2.99. The molecule has 3 aromatic carbocycles. The van der Waals surface area contributed by atoms with Gasteiger partial charge in [-0.3, -0.25) is 14.7 Å². The lowest BCUT2D eigenvalue weighted by atomic mass is 9.88. The third-order valence-corrected chi connectivity index (χ3v) is 7.52. The molecule has 39 heavy (non-hydrogen) atoms. The number of carbonyl (C=O) groups excluding carboxylic acids is 1. The maximum absolute atomic E-state index is 13.1. The van der Waals surface area contributed by atoms with Crippen molar-refractivity contribution in [2.45, 2.75) is 31.3 Å². The van der Waals surface area contributed by atoms with Crippen molar-refractivity contribution in [2.24, 2.45) is 5.92 Å². The predicted octanol–water partition coefficient (Wildman–Crippen LogP) is 5.02. The van der Waals surface area contributed by atoms with E-state index in [0.29, 0.717) is 19.6 Å².